The Labute approximate surface area is 141 Å². The highest BCUT2D eigenvalue weighted by Crippen LogP contribution is 2.19. The van der Waals surface area contributed by atoms with Crippen molar-refractivity contribution in [3.05, 3.63) is 0 Å². The van der Waals surface area contributed by atoms with Gasteiger partial charge in [0.15, 0.2) is 0 Å². The number of hydrogen-bond acceptors (Lipinski definition) is 3. The van der Waals surface area contributed by atoms with E-state index in [9.17, 15) is 9.90 Å². The maximum atomic E-state index is 12.2. The number of nitrogens with one attached hydrogen (secondary N) is 2. The van der Waals surface area contributed by atoms with Crippen LogP contribution in [0.15, 0.2) is 0 Å². The average Bonchev–Trinajstić information content (AvgIpc) is 2.79. The van der Waals surface area contributed by atoms with Gasteiger partial charge >= 0.3 is 6.03 Å². The molecule has 0 bridgehead atoms. The van der Waals surface area contributed by atoms with Gasteiger partial charge < -0.3 is 15.7 Å². The lowest BCUT2D eigenvalue weighted by Crippen LogP contribution is -2.51. The van der Waals surface area contributed by atoms with E-state index in [2.05, 4.69) is 29.4 Å². The Morgan fingerprint density at radius 3 is 2.26 bits per heavy atom. The zero-order valence-corrected chi connectivity index (χ0v) is 14.9. The Morgan fingerprint density at radius 1 is 1.09 bits per heavy atom. The predicted octanol–water partition coefficient (Wildman–Crippen LogP) is 2.49. The second-order valence-corrected chi connectivity index (χ2v) is 7.62. The summed E-state index contributed by atoms with van der Waals surface area (Å²) in [5, 5.41) is 15.7. The zero-order chi connectivity index (χ0) is 16.7. The first-order chi connectivity index (χ1) is 11.1. The van der Waals surface area contributed by atoms with Crippen molar-refractivity contribution in [2.45, 2.75) is 83.4 Å². The van der Waals surface area contributed by atoms with E-state index in [4.69, 9.17) is 0 Å². The Hall–Kier alpha value is -0.810. The molecule has 5 nitrogen and oxygen atoms in total. The Morgan fingerprint density at radius 2 is 1.70 bits per heavy atom. The normalized spacial score (nSPS) is 28.2. The number of urea groups is 1. The van der Waals surface area contributed by atoms with Crippen molar-refractivity contribution in [2.75, 3.05) is 19.6 Å². The van der Waals surface area contributed by atoms with Crippen molar-refractivity contribution in [1.82, 2.24) is 15.5 Å². The highest BCUT2D eigenvalue weighted by Gasteiger charge is 2.24. The van der Waals surface area contributed by atoms with Crippen LogP contribution in [0.5, 0.6) is 0 Å². The van der Waals surface area contributed by atoms with Crippen molar-refractivity contribution in [3.8, 4) is 0 Å². The molecule has 0 aromatic rings. The van der Waals surface area contributed by atoms with Gasteiger partial charge in [-0.3, -0.25) is 4.90 Å². The van der Waals surface area contributed by atoms with Crippen LogP contribution in [0, 0.1) is 5.92 Å². The Balaban J connectivity index is 1.75. The molecule has 2 aliphatic rings. The molecule has 134 valence electrons. The van der Waals surface area contributed by atoms with Crippen molar-refractivity contribution < 1.29 is 9.90 Å². The number of carbonyl (C=O) groups excluding carboxylic acids is 1. The molecule has 0 aromatic carbocycles. The third-order valence-corrected chi connectivity index (χ3v) is 5.38. The van der Waals surface area contributed by atoms with Crippen molar-refractivity contribution in [3.63, 3.8) is 0 Å². The van der Waals surface area contributed by atoms with Gasteiger partial charge in [-0.15, -0.1) is 0 Å². The minimum absolute atomic E-state index is 0.0492. The number of likely N-dealkylation sites (tertiary alicyclic amines) is 1. The standard InChI is InChI=1S/C18H35N3O2/c1-14(2)17(21-11-5-3-4-6-12-21)13-19-18(23)20-15-7-9-16(22)10-8-15/h14-17,22H,3-13H2,1-2H3,(H2,19,20,23). The van der Waals surface area contributed by atoms with Gasteiger partial charge in [-0.05, 0) is 57.5 Å². The fourth-order valence-corrected chi connectivity index (χ4v) is 3.87. The minimum Gasteiger partial charge on any atom is -0.393 e. The maximum absolute atomic E-state index is 12.2. The van der Waals surface area contributed by atoms with Crippen molar-refractivity contribution in [1.29, 1.82) is 0 Å². The summed E-state index contributed by atoms with van der Waals surface area (Å²) >= 11 is 0. The van der Waals surface area contributed by atoms with Crippen LogP contribution in [0.2, 0.25) is 0 Å². The minimum atomic E-state index is -0.176. The molecule has 2 amide bonds. The Bertz CT molecular complexity index is 346. The second-order valence-electron chi connectivity index (χ2n) is 7.62. The molecule has 1 unspecified atom stereocenters. The van der Waals surface area contributed by atoms with Gasteiger partial charge in [0.25, 0.3) is 0 Å². The van der Waals surface area contributed by atoms with Crippen LogP contribution in [-0.2, 0) is 0 Å². The summed E-state index contributed by atoms with van der Waals surface area (Å²) in [4.78, 5) is 14.7. The van der Waals surface area contributed by atoms with Crippen molar-refractivity contribution >= 4 is 6.03 Å². The maximum Gasteiger partial charge on any atom is 0.315 e. The summed E-state index contributed by atoms with van der Waals surface area (Å²) in [5.41, 5.74) is 0. The lowest BCUT2D eigenvalue weighted by Gasteiger charge is -2.34. The number of aliphatic hydroxyl groups excluding tert-OH is 1. The average molecular weight is 325 g/mol. The summed E-state index contributed by atoms with van der Waals surface area (Å²) in [6, 6.07) is 0.591. The molecule has 1 aliphatic heterocycles. The van der Waals surface area contributed by atoms with E-state index in [0.717, 1.165) is 45.3 Å². The van der Waals surface area contributed by atoms with E-state index in [0.29, 0.717) is 12.0 Å². The van der Waals surface area contributed by atoms with Gasteiger partial charge in [-0.2, -0.15) is 0 Å². The molecule has 2 fully saturated rings. The Kier molecular flexibility index (Phi) is 7.63. The zero-order valence-electron chi connectivity index (χ0n) is 14.9. The van der Waals surface area contributed by atoms with Crippen LogP contribution in [0.3, 0.4) is 0 Å². The summed E-state index contributed by atoms with van der Waals surface area (Å²) in [6.07, 6.45) is 8.42. The van der Waals surface area contributed by atoms with Crippen molar-refractivity contribution in [2.24, 2.45) is 5.92 Å². The quantitative estimate of drug-likeness (QED) is 0.727. The molecule has 1 saturated carbocycles. The molecule has 1 atom stereocenters. The van der Waals surface area contributed by atoms with E-state index < -0.39 is 0 Å². The molecule has 0 aromatic heterocycles. The smallest absolute Gasteiger partial charge is 0.315 e. The molecule has 1 aliphatic carbocycles. The van der Waals surface area contributed by atoms with E-state index in [1.165, 1.54) is 25.7 Å². The number of aliphatic hydroxyl groups is 1. The fourth-order valence-electron chi connectivity index (χ4n) is 3.87. The fraction of sp³-hybridized carbons (Fsp3) is 0.944. The molecule has 5 heteroatoms. The van der Waals surface area contributed by atoms with Gasteiger partial charge in [0, 0.05) is 18.6 Å². The van der Waals surface area contributed by atoms with E-state index in [1.807, 2.05) is 0 Å². The van der Waals surface area contributed by atoms with Gasteiger partial charge in [0.05, 0.1) is 6.10 Å². The number of rotatable bonds is 5. The first kappa shape index (κ1) is 18.5. The number of nitrogens with zero attached hydrogens (tertiary/aromatic N) is 1. The summed E-state index contributed by atoms with van der Waals surface area (Å²) in [7, 11) is 0. The third-order valence-electron chi connectivity index (χ3n) is 5.38. The van der Waals surface area contributed by atoms with Crippen LogP contribution < -0.4 is 10.6 Å². The van der Waals surface area contributed by atoms with Crippen LogP contribution in [0.4, 0.5) is 4.79 Å². The van der Waals surface area contributed by atoms with E-state index in [1.54, 1.807) is 0 Å². The lowest BCUT2D eigenvalue weighted by atomic mass is 9.93. The third kappa shape index (κ3) is 6.30. The van der Waals surface area contributed by atoms with Gasteiger partial charge in [-0.1, -0.05) is 26.7 Å². The molecule has 3 N–H and O–H groups in total. The predicted molar refractivity (Wildman–Crippen MR) is 93.5 cm³/mol. The molecule has 1 heterocycles. The summed E-state index contributed by atoms with van der Waals surface area (Å²) in [6.45, 7) is 7.54. The summed E-state index contributed by atoms with van der Waals surface area (Å²) < 4.78 is 0. The number of carbonyl (C=O) groups is 1. The summed E-state index contributed by atoms with van der Waals surface area (Å²) in [5.74, 6) is 0.540. The monoisotopic (exact) mass is 325 g/mol. The molecule has 0 spiro atoms. The second kappa shape index (κ2) is 9.48. The van der Waals surface area contributed by atoms with Crippen LogP contribution in [-0.4, -0.2) is 53.9 Å². The first-order valence-corrected chi connectivity index (χ1v) is 9.52. The van der Waals surface area contributed by atoms with E-state index >= 15 is 0 Å². The molecule has 0 radical (unpaired) electrons. The van der Waals surface area contributed by atoms with Gasteiger partial charge in [0.2, 0.25) is 0 Å². The van der Waals surface area contributed by atoms with Crippen LogP contribution in [0.1, 0.15) is 65.2 Å². The molecule has 23 heavy (non-hydrogen) atoms. The number of hydrogen-bond donors (Lipinski definition) is 3. The van der Waals surface area contributed by atoms with Gasteiger partial charge in [0.1, 0.15) is 0 Å². The molecular weight excluding hydrogens is 290 g/mol. The SMILES string of the molecule is CC(C)C(CNC(=O)NC1CCC(O)CC1)N1CCCCCC1. The number of amides is 2. The van der Waals surface area contributed by atoms with Crippen LogP contribution in [0.25, 0.3) is 0 Å². The first-order valence-electron chi connectivity index (χ1n) is 9.52. The largest absolute Gasteiger partial charge is 0.393 e. The highest BCUT2D eigenvalue weighted by molar-refractivity contribution is 5.74. The molecule has 2 rings (SSSR count). The molecule has 1 saturated heterocycles. The lowest BCUT2D eigenvalue weighted by molar-refractivity contribution is 0.117. The van der Waals surface area contributed by atoms with E-state index in [-0.39, 0.29) is 18.2 Å². The molecular formula is C18H35N3O2. The van der Waals surface area contributed by atoms with Crippen LogP contribution >= 0.6 is 0 Å². The topological polar surface area (TPSA) is 64.6 Å². The highest BCUT2D eigenvalue weighted by atomic mass is 16.3. The van der Waals surface area contributed by atoms with Gasteiger partial charge in [-0.25, -0.2) is 4.79 Å².